The molecule has 17 heavy (non-hydrogen) atoms. The van der Waals surface area contributed by atoms with Gasteiger partial charge >= 0.3 is 6.09 Å². The van der Waals surface area contributed by atoms with Crippen molar-refractivity contribution in [1.82, 2.24) is 4.90 Å². The van der Waals surface area contributed by atoms with Gasteiger partial charge in [-0.3, -0.25) is 0 Å². The van der Waals surface area contributed by atoms with Crippen molar-refractivity contribution in [3.63, 3.8) is 0 Å². The first-order valence-electron chi connectivity index (χ1n) is 5.49. The number of phenols is 1. The molecule has 5 nitrogen and oxygen atoms in total. The minimum atomic E-state index is -0.358. The number of nitrogens with two attached hydrogens (primary N) is 1. The molecule has 0 radical (unpaired) electrons. The van der Waals surface area contributed by atoms with Crippen LogP contribution in [-0.4, -0.2) is 42.3 Å². The van der Waals surface area contributed by atoms with Gasteiger partial charge in [-0.05, 0) is 17.7 Å². The number of carbonyl (C=O) groups excluding carboxylic acids is 1. The predicted molar refractivity (Wildman–Crippen MR) is 62.8 cm³/mol. The fraction of sp³-hybridized carbons (Fsp3) is 0.417. The Morgan fingerprint density at radius 3 is 2.94 bits per heavy atom. The smallest absolute Gasteiger partial charge is 0.409 e. The third-order valence-corrected chi connectivity index (χ3v) is 3.10. The number of hydrogen-bond donors (Lipinski definition) is 2. The highest BCUT2D eigenvalue weighted by atomic mass is 16.5. The molecule has 0 bridgehead atoms. The van der Waals surface area contributed by atoms with Gasteiger partial charge in [-0.2, -0.15) is 0 Å². The van der Waals surface area contributed by atoms with Crippen molar-refractivity contribution in [1.29, 1.82) is 0 Å². The van der Waals surface area contributed by atoms with E-state index in [0.29, 0.717) is 13.1 Å². The molecule has 1 aromatic carbocycles. The first kappa shape index (κ1) is 11.7. The number of benzene rings is 1. The van der Waals surface area contributed by atoms with Gasteiger partial charge in [-0.25, -0.2) is 4.79 Å². The summed E-state index contributed by atoms with van der Waals surface area (Å²) in [7, 11) is 1.36. The Labute approximate surface area is 99.8 Å². The van der Waals surface area contributed by atoms with Crippen LogP contribution in [0.15, 0.2) is 24.3 Å². The van der Waals surface area contributed by atoms with E-state index in [1.807, 2.05) is 6.07 Å². The van der Waals surface area contributed by atoms with Crippen LogP contribution in [0.3, 0.4) is 0 Å². The quantitative estimate of drug-likeness (QED) is 0.759. The zero-order valence-corrected chi connectivity index (χ0v) is 9.67. The molecule has 1 aliphatic rings. The number of likely N-dealkylation sites (tertiary alicyclic amines) is 1. The Morgan fingerprint density at radius 1 is 1.53 bits per heavy atom. The van der Waals surface area contributed by atoms with E-state index in [1.165, 1.54) is 7.11 Å². The highest BCUT2D eigenvalue weighted by molar-refractivity contribution is 5.68. The van der Waals surface area contributed by atoms with Gasteiger partial charge in [0.05, 0.1) is 7.11 Å². The number of ether oxygens (including phenoxy) is 1. The Morgan fingerprint density at radius 2 is 2.29 bits per heavy atom. The highest BCUT2D eigenvalue weighted by Crippen LogP contribution is 2.28. The molecular weight excluding hydrogens is 220 g/mol. The Hall–Kier alpha value is -1.75. The van der Waals surface area contributed by atoms with Crippen LogP contribution in [0.4, 0.5) is 4.79 Å². The van der Waals surface area contributed by atoms with Crippen molar-refractivity contribution in [3.8, 4) is 5.75 Å². The monoisotopic (exact) mass is 236 g/mol. The minimum absolute atomic E-state index is 0.0428. The lowest BCUT2D eigenvalue weighted by molar-refractivity contribution is 0.132. The van der Waals surface area contributed by atoms with E-state index in [2.05, 4.69) is 4.74 Å². The molecular formula is C12H16N2O3. The molecule has 1 amide bonds. The van der Waals surface area contributed by atoms with Gasteiger partial charge in [0.1, 0.15) is 5.75 Å². The topological polar surface area (TPSA) is 75.8 Å². The molecule has 0 spiro atoms. The summed E-state index contributed by atoms with van der Waals surface area (Å²) in [6.45, 7) is 1.00. The second kappa shape index (κ2) is 4.63. The van der Waals surface area contributed by atoms with Gasteiger partial charge in [-0.15, -0.1) is 0 Å². The molecule has 0 aliphatic carbocycles. The Balaban J connectivity index is 2.15. The van der Waals surface area contributed by atoms with Gasteiger partial charge in [0.15, 0.2) is 0 Å². The van der Waals surface area contributed by atoms with Gasteiger partial charge in [0.25, 0.3) is 0 Å². The van der Waals surface area contributed by atoms with E-state index in [0.717, 1.165) is 5.56 Å². The average molecular weight is 236 g/mol. The number of nitrogens with zero attached hydrogens (tertiary/aromatic N) is 1. The molecule has 1 aromatic rings. The van der Waals surface area contributed by atoms with Gasteiger partial charge in [-0.1, -0.05) is 12.1 Å². The summed E-state index contributed by atoms with van der Waals surface area (Å²) in [4.78, 5) is 13.0. The molecule has 1 heterocycles. The van der Waals surface area contributed by atoms with Gasteiger partial charge in [0.2, 0.25) is 0 Å². The number of phenolic OH excluding ortho intramolecular Hbond substituents is 1. The molecule has 92 valence electrons. The molecule has 2 atom stereocenters. The van der Waals surface area contributed by atoms with E-state index in [9.17, 15) is 9.90 Å². The summed E-state index contributed by atoms with van der Waals surface area (Å²) in [5.74, 6) is 0.257. The number of carbonyl (C=O) groups is 1. The van der Waals surface area contributed by atoms with Crippen LogP contribution in [-0.2, 0) is 4.74 Å². The number of aromatic hydroxyl groups is 1. The first-order chi connectivity index (χ1) is 8.11. The standard InChI is InChI=1S/C12H16N2O3/c1-17-12(16)14-6-10(11(13)7-14)8-3-2-4-9(15)5-8/h2-5,10-11,15H,6-7,13H2,1H3. The highest BCUT2D eigenvalue weighted by Gasteiger charge is 2.34. The van der Waals surface area contributed by atoms with Crippen molar-refractivity contribution < 1.29 is 14.6 Å². The molecule has 0 saturated carbocycles. The van der Waals surface area contributed by atoms with Crippen LogP contribution in [0.1, 0.15) is 11.5 Å². The summed E-state index contributed by atoms with van der Waals surface area (Å²) in [5.41, 5.74) is 6.96. The SMILES string of the molecule is COC(=O)N1CC(N)C(c2cccc(O)c2)C1. The maximum absolute atomic E-state index is 11.4. The van der Waals surface area contributed by atoms with Crippen molar-refractivity contribution in [2.45, 2.75) is 12.0 Å². The Bertz CT molecular complexity index is 422. The summed E-state index contributed by atoms with van der Waals surface area (Å²) in [6, 6.07) is 6.85. The molecule has 5 heteroatoms. The number of rotatable bonds is 1. The van der Waals surface area contributed by atoms with Crippen molar-refractivity contribution >= 4 is 6.09 Å². The largest absolute Gasteiger partial charge is 0.508 e. The molecule has 0 aromatic heterocycles. The second-order valence-electron chi connectivity index (χ2n) is 4.24. The maximum Gasteiger partial charge on any atom is 0.409 e. The first-order valence-corrected chi connectivity index (χ1v) is 5.49. The molecule has 1 saturated heterocycles. The summed E-state index contributed by atoms with van der Waals surface area (Å²) < 4.78 is 4.67. The summed E-state index contributed by atoms with van der Waals surface area (Å²) in [5, 5.41) is 9.43. The summed E-state index contributed by atoms with van der Waals surface area (Å²) >= 11 is 0. The average Bonchev–Trinajstić information content (AvgIpc) is 2.70. The van der Waals surface area contributed by atoms with Gasteiger partial charge < -0.3 is 20.5 Å². The Kier molecular flexibility index (Phi) is 3.19. The third-order valence-electron chi connectivity index (χ3n) is 3.10. The second-order valence-corrected chi connectivity index (χ2v) is 4.24. The lowest BCUT2D eigenvalue weighted by Gasteiger charge is -2.15. The third kappa shape index (κ3) is 2.34. The maximum atomic E-state index is 11.4. The van der Waals surface area contributed by atoms with E-state index >= 15 is 0 Å². The lowest BCUT2D eigenvalue weighted by Crippen LogP contribution is -2.32. The van der Waals surface area contributed by atoms with E-state index < -0.39 is 0 Å². The summed E-state index contributed by atoms with van der Waals surface area (Å²) in [6.07, 6.45) is -0.358. The number of amides is 1. The minimum Gasteiger partial charge on any atom is -0.508 e. The van der Waals surface area contributed by atoms with Crippen LogP contribution in [0.25, 0.3) is 0 Å². The number of methoxy groups -OCH3 is 1. The zero-order chi connectivity index (χ0) is 12.4. The van der Waals surface area contributed by atoms with Crippen molar-refractivity contribution in [2.24, 2.45) is 5.73 Å². The fourth-order valence-electron chi connectivity index (χ4n) is 2.22. The lowest BCUT2D eigenvalue weighted by atomic mass is 9.95. The van der Waals surface area contributed by atoms with Crippen LogP contribution >= 0.6 is 0 Å². The predicted octanol–water partition coefficient (Wildman–Crippen LogP) is 0.885. The number of hydrogen-bond acceptors (Lipinski definition) is 4. The van der Waals surface area contributed by atoms with Crippen LogP contribution < -0.4 is 5.73 Å². The molecule has 2 rings (SSSR count). The van der Waals surface area contributed by atoms with E-state index in [-0.39, 0.29) is 23.8 Å². The van der Waals surface area contributed by atoms with Crippen LogP contribution in [0.5, 0.6) is 5.75 Å². The van der Waals surface area contributed by atoms with E-state index in [1.54, 1.807) is 23.1 Å². The zero-order valence-electron chi connectivity index (χ0n) is 9.67. The fourth-order valence-corrected chi connectivity index (χ4v) is 2.22. The molecule has 3 N–H and O–H groups in total. The van der Waals surface area contributed by atoms with Crippen LogP contribution in [0.2, 0.25) is 0 Å². The van der Waals surface area contributed by atoms with Crippen molar-refractivity contribution in [3.05, 3.63) is 29.8 Å². The van der Waals surface area contributed by atoms with Crippen LogP contribution in [0, 0.1) is 0 Å². The normalized spacial score (nSPS) is 23.8. The van der Waals surface area contributed by atoms with Gasteiger partial charge in [0, 0.05) is 25.0 Å². The molecule has 2 unspecified atom stereocenters. The molecule has 1 fully saturated rings. The van der Waals surface area contributed by atoms with E-state index in [4.69, 9.17) is 5.73 Å². The van der Waals surface area contributed by atoms with Crippen molar-refractivity contribution in [2.75, 3.05) is 20.2 Å². The molecule has 1 aliphatic heterocycles.